The number of hydrogen-bond donors (Lipinski definition) is 1. The van der Waals surface area contributed by atoms with Crippen LogP contribution in [0.25, 0.3) is 0 Å². The van der Waals surface area contributed by atoms with Crippen molar-refractivity contribution in [1.29, 1.82) is 0 Å². The zero-order valence-electron chi connectivity index (χ0n) is 10.4. The normalized spacial score (nSPS) is 33.6. The molecule has 2 fully saturated rings. The maximum Gasteiger partial charge on any atom is 0.0719 e. The van der Waals surface area contributed by atoms with E-state index in [-0.39, 0.29) is 5.66 Å². The van der Waals surface area contributed by atoms with Crippen LogP contribution in [-0.2, 0) is 4.74 Å². The fourth-order valence-electron chi connectivity index (χ4n) is 2.87. The molecule has 2 saturated heterocycles. The average molecular weight is 212 g/mol. The van der Waals surface area contributed by atoms with E-state index >= 15 is 0 Å². The van der Waals surface area contributed by atoms with Gasteiger partial charge in [0.1, 0.15) is 0 Å². The van der Waals surface area contributed by atoms with Crippen LogP contribution in [0.4, 0.5) is 0 Å². The third-order valence-corrected chi connectivity index (χ3v) is 3.83. The molecule has 15 heavy (non-hydrogen) atoms. The molecule has 2 aliphatic heterocycles. The van der Waals surface area contributed by atoms with Crippen LogP contribution in [0.1, 0.15) is 40.5 Å². The molecule has 2 bridgehead atoms. The van der Waals surface area contributed by atoms with Crippen LogP contribution in [0, 0.1) is 0 Å². The molecular formula is C12H24N2O. The molecule has 0 aromatic carbocycles. The summed E-state index contributed by atoms with van der Waals surface area (Å²) in [5.41, 5.74) is 0.110. The van der Waals surface area contributed by atoms with Gasteiger partial charge in [0.2, 0.25) is 0 Å². The van der Waals surface area contributed by atoms with E-state index in [1.165, 1.54) is 12.8 Å². The minimum absolute atomic E-state index is 0.110. The second-order valence-electron chi connectivity index (χ2n) is 5.51. The molecule has 0 aromatic rings. The molecule has 3 atom stereocenters. The van der Waals surface area contributed by atoms with Crippen molar-refractivity contribution in [2.45, 2.75) is 64.4 Å². The van der Waals surface area contributed by atoms with E-state index in [0.29, 0.717) is 18.2 Å². The number of fused-ring (bicyclic) bond motifs is 2. The van der Waals surface area contributed by atoms with E-state index in [1.54, 1.807) is 0 Å². The zero-order valence-corrected chi connectivity index (χ0v) is 10.4. The van der Waals surface area contributed by atoms with Crippen molar-refractivity contribution in [2.75, 3.05) is 13.2 Å². The second kappa shape index (κ2) is 4.04. The highest BCUT2D eigenvalue weighted by molar-refractivity contribution is 4.98. The highest BCUT2D eigenvalue weighted by atomic mass is 16.5. The number of likely N-dealkylation sites (tertiary alicyclic amines) is 1. The largest absolute Gasteiger partial charge is 0.375 e. The first-order valence-electron chi connectivity index (χ1n) is 6.19. The molecule has 2 rings (SSSR count). The SMILES string of the molecule is CCC(C)NC(C)(C)N1CC2CC1CO2. The van der Waals surface area contributed by atoms with Crippen molar-refractivity contribution in [3.8, 4) is 0 Å². The Kier molecular flexibility index (Phi) is 3.06. The lowest BCUT2D eigenvalue weighted by atomic mass is 10.1. The second-order valence-corrected chi connectivity index (χ2v) is 5.51. The van der Waals surface area contributed by atoms with Gasteiger partial charge in [-0.2, -0.15) is 0 Å². The third kappa shape index (κ3) is 2.19. The Morgan fingerprint density at radius 3 is 2.73 bits per heavy atom. The van der Waals surface area contributed by atoms with E-state index in [1.807, 2.05) is 0 Å². The predicted octanol–water partition coefficient (Wildman–Crippen LogP) is 1.58. The maximum atomic E-state index is 5.64. The number of hydrogen-bond acceptors (Lipinski definition) is 3. The fourth-order valence-corrected chi connectivity index (χ4v) is 2.87. The Balaban J connectivity index is 1.96. The topological polar surface area (TPSA) is 24.5 Å². The zero-order chi connectivity index (χ0) is 11.1. The maximum absolute atomic E-state index is 5.64. The van der Waals surface area contributed by atoms with Gasteiger partial charge in [0.15, 0.2) is 0 Å². The Bertz CT molecular complexity index is 230. The highest BCUT2D eigenvalue weighted by Gasteiger charge is 2.45. The van der Waals surface area contributed by atoms with Crippen LogP contribution in [0.2, 0.25) is 0 Å². The minimum Gasteiger partial charge on any atom is -0.375 e. The van der Waals surface area contributed by atoms with Crippen molar-refractivity contribution < 1.29 is 4.74 Å². The van der Waals surface area contributed by atoms with E-state index in [4.69, 9.17) is 4.74 Å². The summed E-state index contributed by atoms with van der Waals surface area (Å²) in [6.45, 7) is 11.1. The van der Waals surface area contributed by atoms with Crippen molar-refractivity contribution in [2.24, 2.45) is 0 Å². The lowest BCUT2D eigenvalue weighted by Crippen LogP contribution is -2.60. The first kappa shape index (κ1) is 11.4. The number of ether oxygens (including phenoxy) is 1. The quantitative estimate of drug-likeness (QED) is 0.766. The van der Waals surface area contributed by atoms with Crippen LogP contribution in [0.3, 0.4) is 0 Å². The summed E-state index contributed by atoms with van der Waals surface area (Å²) in [4.78, 5) is 2.58. The Labute approximate surface area is 93.2 Å². The summed E-state index contributed by atoms with van der Waals surface area (Å²) < 4.78 is 5.64. The van der Waals surface area contributed by atoms with Crippen molar-refractivity contribution >= 4 is 0 Å². The van der Waals surface area contributed by atoms with Gasteiger partial charge in [0.25, 0.3) is 0 Å². The fraction of sp³-hybridized carbons (Fsp3) is 1.00. The Morgan fingerprint density at radius 1 is 1.53 bits per heavy atom. The van der Waals surface area contributed by atoms with E-state index in [2.05, 4.69) is 37.9 Å². The molecule has 0 aromatic heterocycles. The van der Waals surface area contributed by atoms with Crippen LogP contribution in [-0.4, -0.2) is 41.9 Å². The number of nitrogens with one attached hydrogen (secondary N) is 1. The molecule has 3 heteroatoms. The van der Waals surface area contributed by atoms with Gasteiger partial charge >= 0.3 is 0 Å². The Morgan fingerprint density at radius 2 is 2.27 bits per heavy atom. The first-order chi connectivity index (χ1) is 7.03. The summed E-state index contributed by atoms with van der Waals surface area (Å²) in [5, 5.41) is 3.70. The molecular weight excluding hydrogens is 188 g/mol. The van der Waals surface area contributed by atoms with Gasteiger partial charge in [0, 0.05) is 18.6 Å². The molecule has 3 unspecified atom stereocenters. The summed E-state index contributed by atoms with van der Waals surface area (Å²) >= 11 is 0. The smallest absolute Gasteiger partial charge is 0.0719 e. The Hall–Kier alpha value is -0.120. The molecule has 0 radical (unpaired) electrons. The minimum atomic E-state index is 0.110. The third-order valence-electron chi connectivity index (χ3n) is 3.83. The van der Waals surface area contributed by atoms with Crippen LogP contribution in [0.15, 0.2) is 0 Å². The summed E-state index contributed by atoms with van der Waals surface area (Å²) in [7, 11) is 0. The van der Waals surface area contributed by atoms with Crippen molar-refractivity contribution in [3.63, 3.8) is 0 Å². The molecule has 2 heterocycles. The van der Waals surface area contributed by atoms with E-state index < -0.39 is 0 Å². The molecule has 0 saturated carbocycles. The molecule has 0 amide bonds. The number of nitrogens with zero attached hydrogens (tertiary/aromatic N) is 1. The molecule has 1 N–H and O–H groups in total. The first-order valence-corrected chi connectivity index (χ1v) is 6.19. The van der Waals surface area contributed by atoms with Crippen molar-refractivity contribution in [3.05, 3.63) is 0 Å². The molecule has 88 valence electrons. The van der Waals surface area contributed by atoms with Gasteiger partial charge in [-0.15, -0.1) is 0 Å². The lowest BCUT2D eigenvalue weighted by molar-refractivity contribution is -0.0292. The van der Waals surface area contributed by atoms with Gasteiger partial charge in [0.05, 0.1) is 18.4 Å². The number of morpholine rings is 1. The van der Waals surface area contributed by atoms with E-state index in [9.17, 15) is 0 Å². The highest BCUT2D eigenvalue weighted by Crippen LogP contribution is 2.32. The summed E-state index contributed by atoms with van der Waals surface area (Å²) in [5.74, 6) is 0. The van der Waals surface area contributed by atoms with Gasteiger partial charge < -0.3 is 4.74 Å². The summed E-state index contributed by atoms with van der Waals surface area (Å²) in [6, 6.07) is 1.22. The van der Waals surface area contributed by atoms with Crippen molar-refractivity contribution in [1.82, 2.24) is 10.2 Å². The van der Waals surface area contributed by atoms with Crippen LogP contribution >= 0.6 is 0 Å². The van der Waals surface area contributed by atoms with Gasteiger partial charge in [-0.05, 0) is 33.6 Å². The standard InChI is InChI=1S/C12H24N2O/c1-5-9(2)13-12(3,4)14-7-11-6-10(14)8-15-11/h9-11,13H,5-8H2,1-4H3. The van der Waals surface area contributed by atoms with E-state index in [0.717, 1.165) is 13.2 Å². The predicted molar refractivity (Wildman–Crippen MR) is 61.8 cm³/mol. The molecule has 0 spiro atoms. The van der Waals surface area contributed by atoms with Gasteiger partial charge in [-0.1, -0.05) is 6.92 Å². The molecule has 0 aliphatic carbocycles. The number of rotatable bonds is 4. The monoisotopic (exact) mass is 212 g/mol. The molecule has 3 nitrogen and oxygen atoms in total. The lowest BCUT2D eigenvalue weighted by Gasteiger charge is -2.43. The van der Waals surface area contributed by atoms with Crippen LogP contribution in [0.5, 0.6) is 0 Å². The summed E-state index contributed by atoms with van der Waals surface area (Å²) in [6.07, 6.45) is 2.90. The van der Waals surface area contributed by atoms with Gasteiger partial charge in [-0.3, -0.25) is 10.2 Å². The molecule has 2 aliphatic rings. The average Bonchev–Trinajstić information content (AvgIpc) is 2.77. The van der Waals surface area contributed by atoms with Crippen LogP contribution < -0.4 is 5.32 Å². The van der Waals surface area contributed by atoms with Gasteiger partial charge in [-0.25, -0.2) is 0 Å².